The van der Waals surface area contributed by atoms with Crippen LogP contribution >= 0.6 is 11.6 Å². The number of nitrogens with zero attached hydrogens (tertiary/aromatic N) is 2. The lowest BCUT2D eigenvalue weighted by atomic mass is 10.1. The first-order valence-electron chi connectivity index (χ1n) is 8.07. The molecular formula is C18H16ClN3O4. The summed E-state index contributed by atoms with van der Waals surface area (Å²) in [6, 6.07) is 11.1. The minimum absolute atomic E-state index is 0.0817. The van der Waals surface area contributed by atoms with Crippen molar-refractivity contribution < 1.29 is 14.5 Å². The van der Waals surface area contributed by atoms with Gasteiger partial charge in [-0.3, -0.25) is 19.7 Å². The number of benzene rings is 2. The van der Waals surface area contributed by atoms with E-state index in [0.29, 0.717) is 13.0 Å². The lowest BCUT2D eigenvalue weighted by molar-refractivity contribution is -0.385. The van der Waals surface area contributed by atoms with Crippen molar-refractivity contribution in [3.8, 4) is 0 Å². The summed E-state index contributed by atoms with van der Waals surface area (Å²) in [5.74, 6) is -0.461. The zero-order chi connectivity index (χ0) is 18.7. The molecule has 0 saturated carbocycles. The van der Waals surface area contributed by atoms with Gasteiger partial charge in [0.2, 0.25) is 5.91 Å². The molecule has 0 aromatic heterocycles. The van der Waals surface area contributed by atoms with Gasteiger partial charge in [-0.2, -0.15) is 0 Å². The van der Waals surface area contributed by atoms with Gasteiger partial charge in [-0.05, 0) is 36.2 Å². The molecule has 0 radical (unpaired) electrons. The van der Waals surface area contributed by atoms with Gasteiger partial charge < -0.3 is 10.2 Å². The van der Waals surface area contributed by atoms with Gasteiger partial charge >= 0.3 is 0 Å². The summed E-state index contributed by atoms with van der Waals surface area (Å²) in [5, 5.41) is 14.0. The summed E-state index contributed by atoms with van der Waals surface area (Å²) in [6.07, 6.45) is 1.42. The van der Waals surface area contributed by atoms with Gasteiger partial charge in [-0.15, -0.1) is 0 Å². The highest BCUT2D eigenvalue weighted by molar-refractivity contribution is 6.31. The molecule has 1 aliphatic heterocycles. The zero-order valence-electron chi connectivity index (χ0n) is 13.8. The zero-order valence-corrected chi connectivity index (χ0v) is 14.5. The molecule has 0 bridgehead atoms. The molecule has 134 valence electrons. The summed E-state index contributed by atoms with van der Waals surface area (Å²) >= 11 is 5.84. The van der Waals surface area contributed by atoms with E-state index in [1.54, 1.807) is 4.90 Å². The van der Waals surface area contributed by atoms with Crippen LogP contribution in [0.15, 0.2) is 42.5 Å². The van der Waals surface area contributed by atoms with E-state index in [1.165, 1.54) is 18.2 Å². The van der Waals surface area contributed by atoms with Crippen molar-refractivity contribution in [2.24, 2.45) is 0 Å². The van der Waals surface area contributed by atoms with Crippen LogP contribution in [0.3, 0.4) is 0 Å². The fraction of sp³-hybridized carbons (Fsp3) is 0.222. The van der Waals surface area contributed by atoms with Crippen LogP contribution in [0.5, 0.6) is 0 Å². The number of nitro groups is 1. The second kappa shape index (κ2) is 7.53. The summed E-state index contributed by atoms with van der Waals surface area (Å²) in [5.41, 5.74) is 1.27. The van der Waals surface area contributed by atoms with Gasteiger partial charge in [0.05, 0.1) is 4.92 Å². The molecule has 0 spiro atoms. The molecule has 0 unspecified atom stereocenters. The van der Waals surface area contributed by atoms with E-state index in [0.717, 1.165) is 17.7 Å². The lowest BCUT2D eigenvalue weighted by Gasteiger charge is -2.16. The Labute approximate surface area is 154 Å². The van der Waals surface area contributed by atoms with Gasteiger partial charge in [-0.25, -0.2) is 0 Å². The second-order valence-corrected chi connectivity index (χ2v) is 6.35. The van der Waals surface area contributed by atoms with Crippen LogP contribution in [-0.2, 0) is 11.3 Å². The molecule has 1 heterocycles. The largest absolute Gasteiger partial charge is 0.348 e. The maximum Gasteiger partial charge on any atom is 0.282 e. The average Bonchev–Trinajstić information content (AvgIpc) is 3.05. The van der Waals surface area contributed by atoms with Gasteiger partial charge in [0.25, 0.3) is 11.6 Å². The summed E-state index contributed by atoms with van der Waals surface area (Å²) in [7, 11) is 0. The van der Waals surface area contributed by atoms with Crippen LogP contribution in [0.4, 0.5) is 11.4 Å². The number of hydrogen-bond acceptors (Lipinski definition) is 4. The smallest absolute Gasteiger partial charge is 0.282 e. The number of rotatable bonds is 5. The van der Waals surface area contributed by atoms with Crippen LogP contribution in [0.25, 0.3) is 0 Å². The van der Waals surface area contributed by atoms with Crippen molar-refractivity contribution >= 4 is 34.8 Å². The molecule has 2 aromatic rings. The second-order valence-electron chi connectivity index (χ2n) is 5.92. The van der Waals surface area contributed by atoms with Crippen LogP contribution in [0, 0.1) is 10.1 Å². The fourth-order valence-corrected chi connectivity index (χ4v) is 3.01. The van der Waals surface area contributed by atoms with Gasteiger partial charge in [0.15, 0.2) is 0 Å². The van der Waals surface area contributed by atoms with Gasteiger partial charge in [-0.1, -0.05) is 23.7 Å². The van der Waals surface area contributed by atoms with Gasteiger partial charge in [0, 0.05) is 36.3 Å². The topological polar surface area (TPSA) is 92.6 Å². The lowest BCUT2D eigenvalue weighted by Crippen LogP contribution is -2.24. The predicted octanol–water partition coefficient (Wildman–Crippen LogP) is 3.31. The Balaban J connectivity index is 1.67. The number of anilines is 1. The van der Waals surface area contributed by atoms with E-state index in [4.69, 9.17) is 11.6 Å². The minimum Gasteiger partial charge on any atom is -0.348 e. The highest BCUT2D eigenvalue weighted by atomic mass is 35.5. The molecule has 3 rings (SSSR count). The van der Waals surface area contributed by atoms with Crippen LogP contribution in [0.2, 0.25) is 5.02 Å². The Morgan fingerprint density at radius 3 is 2.58 bits per heavy atom. The molecule has 2 amide bonds. The number of hydrogen-bond donors (Lipinski definition) is 1. The molecule has 8 heteroatoms. The molecule has 0 atom stereocenters. The van der Waals surface area contributed by atoms with Crippen LogP contribution in [-0.4, -0.2) is 23.3 Å². The monoisotopic (exact) mass is 373 g/mol. The van der Waals surface area contributed by atoms with Crippen molar-refractivity contribution in [2.75, 3.05) is 11.4 Å². The van der Waals surface area contributed by atoms with E-state index in [9.17, 15) is 19.7 Å². The molecule has 1 saturated heterocycles. The number of nitro benzene ring substituents is 1. The van der Waals surface area contributed by atoms with Crippen molar-refractivity contribution in [3.63, 3.8) is 0 Å². The highest BCUT2D eigenvalue weighted by Gasteiger charge is 2.22. The number of halogens is 1. The number of carbonyl (C=O) groups excluding carboxylic acids is 2. The molecule has 1 fully saturated rings. The van der Waals surface area contributed by atoms with E-state index in [2.05, 4.69) is 5.32 Å². The molecule has 26 heavy (non-hydrogen) atoms. The van der Waals surface area contributed by atoms with Gasteiger partial charge in [0.1, 0.15) is 5.56 Å². The van der Waals surface area contributed by atoms with Crippen LogP contribution in [0.1, 0.15) is 28.8 Å². The maximum absolute atomic E-state index is 12.3. The molecule has 1 N–H and O–H groups in total. The fourth-order valence-electron chi connectivity index (χ4n) is 2.84. The number of nitrogens with one attached hydrogen (secondary N) is 1. The molecule has 2 aromatic carbocycles. The number of amides is 2. The standard InChI is InChI=1S/C18H16ClN3O4/c19-13-5-8-16(22(25)26)15(10-13)18(24)20-11-12-3-6-14(7-4-12)21-9-1-2-17(21)23/h3-8,10H,1-2,9,11H2,(H,20,24). The SMILES string of the molecule is O=C(NCc1ccc(N2CCCC2=O)cc1)c1cc(Cl)ccc1[N+](=O)[O-]. The quantitative estimate of drug-likeness (QED) is 0.642. The average molecular weight is 374 g/mol. The molecule has 0 aliphatic carbocycles. The van der Waals surface area contributed by atoms with E-state index < -0.39 is 10.8 Å². The Morgan fingerprint density at radius 1 is 1.23 bits per heavy atom. The third kappa shape index (κ3) is 3.83. The first-order valence-corrected chi connectivity index (χ1v) is 8.45. The van der Waals surface area contributed by atoms with Crippen molar-refractivity contribution in [1.82, 2.24) is 5.32 Å². The Bertz CT molecular complexity index is 867. The van der Waals surface area contributed by atoms with Crippen molar-refractivity contribution in [3.05, 3.63) is 68.7 Å². The summed E-state index contributed by atoms with van der Waals surface area (Å²) in [6.45, 7) is 0.921. The predicted molar refractivity (Wildman–Crippen MR) is 97.3 cm³/mol. The Kier molecular flexibility index (Phi) is 5.18. The molecule has 7 nitrogen and oxygen atoms in total. The first-order chi connectivity index (χ1) is 12.5. The third-order valence-corrected chi connectivity index (χ3v) is 4.41. The molecule has 1 aliphatic rings. The molecular weight excluding hydrogens is 358 g/mol. The first kappa shape index (κ1) is 17.9. The Morgan fingerprint density at radius 2 is 1.96 bits per heavy atom. The normalized spacial score (nSPS) is 13.7. The highest BCUT2D eigenvalue weighted by Crippen LogP contribution is 2.23. The Hall–Kier alpha value is -2.93. The number of carbonyl (C=O) groups is 2. The third-order valence-electron chi connectivity index (χ3n) is 4.17. The maximum atomic E-state index is 12.3. The van der Waals surface area contributed by atoms with Crippen molar-refractivity contribution in [1.29, 1.82) is 0 Å². The summed E-state index contributed by atoms with van der Waals surface area (Å²) < 4.78 is 0. The van der Waals surface area contributed by atoms with Crippen LogP contribution < -0.4 is 10.2 Å². The summed E-state index contributed by atoms with van der Waals surface area (Å²) in [4.78, 5) is 36.2. The van der Waals surface area contributed by atoms with E-state index in [-0.39, 0.29) is 28.7 Å². The minimum atomic E-state index is -0.618. The van der Waals surface area contributed by atoms with E-state index in [1.807, 2.05) is 24.3 Å². The van der Waals surface area contributed by atoms with Crippen molar-refractivity contribution in [2.45, 2.75) is 19.4 Å². The van der Waals surface area contributed by atoms with E-state index >= 15 is 0 Å².